The number of amides is 1. The van der Waals surface area contributed by atoms with Crippen LogP contribution in [0.2, 0.25) is 0 Å². The summed E-state index contributed by atoms with van der Waals surface area (Å²) in [5.74, 6) is 0.0131. The second-order valence-electron chi connectivity index (χ2n) is 4.55. The first-order valence-corrected chi connectivity index (χ1v) is 5.93. The zero-order chi connectivity index (χ0) is 13.0. The fraction of sp³-hybridized carbons (Fsp3) is 0.667. The molecular weight excluding hydrogens is 216 g/mol. The number of carbonyl (C=O) groups excluding carboxylic acids is 1. The number of hydrogen-bond acceptors (Lipinski definition) is 3. The molecule has 0 bridgehead atoms. The SMILES string of the molecule is Cc1nn(C)c(C)c1CCNC(=O)CC(C)N. The summed E-state index contributed by atoms with van der Waals surface area (Å²) in [6, 6.07) is -0.0862. The second-order valence-corrected chi connectivity index (χ2v) is 4.55. The minimum atomic E-state index is -0.0862. The third-order valence-electron chi connectivity index (χ3n) is 2.86. The Kier molecular flexibility index (Phi) is 4.69. The summed E-state index contributed by atoms with van der Waals surface area (Å²) in [5, 5.41) is 7.21. The van der Waals surface area contributed by atoms with Gasteiger partial charge >= 0.3 is 0 Å². The number of nitrogens with two attached hydrogens (primary N) is 1. The van der Waals surface area contributed by atoms with Crippen molar-refractivity contribution < 1.29 is 4.79 Å². The van der Waals surface area contributed by atoms with E-state index in [1.807, 2.05) is 32.5 Å². The highest BCUT2D eigenvalue weighted by atomic mass is 16.1. The van der Waals surface area contributed by atoms with Crippen molar-refractivity contribution in [3.05, 3.63) is 17.0 Å². The van der Waals surface area contributed by atoms with Crippen molar-refractivity contribution in [3.8, 4) is 0 Å². The van der Waals surface area contributed by atoms with Crippen LogP contribution in [0.3, 0.4) is 0 Å². The first kappa shape index (κ1) is 13.7. The second kappa shape index (κ2) is 5.82. The van der Waals surface area contributed by atoms with Crippen LogP contribution in [0.15, 0.2) is 0 Å². The number of carbonyl (C=O) groups is 1. The maximum Gasteiger partial charge on any atom is 0.221 e. The van der Waals surface area contributed by atoms with Gasteiger partial charge < -0.3 is 11.1 Å². The van der Waals surface area contributed by atoms with Gasteiger partial charge in [0.1, 0.15) is 0 Å². The zero-order valence-corrected chi connectivity index (χ0v) is 11.1. The van der Waals surface area contributed by atoms with Gasteiger partial charge in [-0.2, -0.15) is 5.10 Å². The van der Waals surface area contributed by atoms with Gasteiger partial charge in [-0.1, -0.05) is 0 Å². The van der Waals surface area contributed by atoms with Crippen molar-refractivity contribution in [3.63, 3.8) is 0 Å². The van der Waals surface area contributed by atoms with Gasteiger partial charge in [0.15, 0.2) is 0 Å². The van der Waals surface area contributed by atoms with E-state index in [1.165, 1.54) is 5.56 Å². The highest BCUT2D eigenvalue weighted by molar-refractivity contribution is 5.76. The number of aryl methyl sites for hydroxylation is 2. The van der Waals surface area contributed by atoms with Crippen LogP contribution >= 0.6 is 0 Å². The van der Waals surface area contributed by atoms with E-state index < -0.39 is 0 Å². The summed E-state index contributed by atoms with van der Waals surface area (Å²) in [6.45, 7) is 6.50. The maximum atomic E-state index is 11.4. The molecule has 0 spiro atoms. The maximum absolute atomic E-state index is 11.4. The monoisotopic (exact) mass is 238 g/mol. The Labute approximate surface area is 102 Å². The molecule has 1 aromatic rings. The average molecular weight is 238 g/mol. The van der Waals surface area contributed by atoms with Gasteiger partial charge in [-0.3, -0.25) is 9.48 Å². The van der Waals surface area contributed by atoms with Crippen LogP contribution in [0.1, 0.15) is 30.3 Å². The normalized spacial score (nSPS) is 12.5. The van der Waals surface area contributed by atoms with Crippen LogP contribution < -0.4 is 11.1 Å². The van der Waals surface area contributed by atoms with Crippen molar-refractivity contribution in [2.75, 3.05) is 6.54 Å². The molecule has 0 aromatic carbocycles. The van der Waals surface area contributed by atoms with E-state index in [0.717, 1.165) is 17.8 Å². The third kappa shape index (κ3) is 3.85. The fourth-order valence-corrected chi connectivity index (χ4v) is 1.87. The lowest BCUT2D eigenvalue weighted by Gasteiger charge is -2.07. The van der Waals surface area contributed by atoms with E-state index in [0.29, 0.717) is 13.0 Å². The minimum Gasteiger partial charge on any atom is -0.356 e. The summed E-state index contributed by atoms with van der Waals surface area (Å²) < 4.78 is 1.87. The van der Waals surface area contributed by atoms with E-state index in [1.54, 1.807) is 0 Å². The zero-order valence-electron chi connectivity index (χ0n) is 11.1. The molecule has 5 heteroatoms. The van der Waals surface area contributed by atoms with Crippen molar-refractivity contribution in [1.29, 1.82) is 0 Å². The number of aromatic nitrogens is 2. The Balaban J connectivity index is 2.43. The Hall–Kier alpha value is -1.36. The molecule has 3 N–H and O–H groups in total. The van der Waals surface area contributed by atoms with Crippen molar-refractivity contribution >= 4 is 5.91 Å². The molecule has 5 nitrogen and oxygen atoms in total. The van der Waals surface area contributed by atoms with Crippen LogP contribution in [-0.4, -0.2) is 28.3 Å². The van der Waals surface area contributed by atoms with Crippen molar-refractivity contribution in [2.45, 2.75) is 39.7 Å². The number of rotatable bonds is 5. The molecule has 1 rings (SSSR count). The van der Waals surface area contributed by atoms with Crippen molar-refractivity contribution in [1.82, 2.24) is 15.1 Å². The summed E-state index contributed by atoms with van der Waals surface area (Å²) in [6.07, 6.45) is 1.20. The Bertz CT molecular complexity index is 395. The van der Waals surface area contributed by atoms with Gasteiger partial charge in [-0.25, -0.2) is 0 Å². The van der Waals surface area contributed by atoms with Gasteiger partial charge in [-0.15, -0.1) is 0 Å². The lowest BCUT2D eigenvalue weighted by atomic mass is 10.1. The highest BCUT2D eigenvalue weighted by Crippen LogP contribution is 2.11. The molecule has 1 amide bonds. The van der Waals surface area contributed by atoms with Crippen LogP contribution in [0, 0.1) is 13.8 Å². The topological polar surface area (TPSA) is 72.9 Å². The molecule has 0 aliphatic heterocycles. The van der Waals surface area contributed by atoms with Gasteiger partial charge in [0.25, 0.3) is 0 Å². The van der Waals surface area contributed by atoms with Crippen LogP contribution in [0.25, 0.3) is 0 Å². The molecule has 0 aliphatic carbocycles. The Morgan fingerprint density at radius 2 is 2.18 bits per heavy atom. The molecule has 1 atom stereocenters. The number of nitrogens with zero attached hydrogens (tertiary/aromatic N) is 2. The summed E-state index contributed by atoms with van der Waals surface area (Å²) in [7, 11) is 1.93. The number of hydrogen-bond donors (Lipinski definition) is 2. The summed E-state index contributed by atoms with van der Waals surface area (Å²) in [5.41, 5.74) is 8.96. The predicted octanol–water partition coefficient (Wildman–Crippen LogP) is 0.433. The lowest BCUT2D eigenvalue weighted by Crippen LogP contribution is -2.31. The standard InChI is InChI=1S/C12H22N4O/c1-8(13)7-12(17)14-6-5-11-9(2)15-16(4)10(11)3/h8H,5-7,13H2,1-4H3,(H,14,17). The first-order valence-electron chi connectivity index (χ1n) is 5.93. The fourth-order valence-electron chi connectivity index (χ4n) is 1.87. The quantitative estimate of drug-likeness (QED) is 0.781. The van der Waals surface area contributed by atoms with Gasteiger partial charge in [0.05, 0.1) is 5.69 Å². The highest BCUT2D eigenvalue weighted by Gasteiger charge is 2.10. The molecule has 17 heavy (non-hydrogen) atoms. The molecule has 0 fully saturated rings. The smallest absolute Gasteiger partial charge is 0.221 e. The van der Waals surface area contributed by atoms with E-state index in [4.69, 9.17) is 5.73 Å². The van der Waals surface area contributed by atoms with E-state index in [9.17, 15) is 4.79 Å². The van der Waals surface area contributed by atoms with Gasteiger partial charge in [0.2, 0.25) is 5.91 Å². The summed E-state index contributed by atoms with van der Waals surface area (Å²) in [4.78, 5) is 11.4. The van der Waals surface area contributed by atoms with Gasteiger partial charge in [0, 0.05) is 31.7 Å². The molecular formula is C12H22N4O. The molecule has 1 unspecified atom stereocenters. The molecule has 0 saturated heterocycles. The van der Waals surface area contributed by atoms with Gasteiger partial charge in [-0.05, 0) is 32.8 Å². The van der Waals surface area contributed by atoms with E-state index in [-0.39, 0.29) is 11.9 Å². The van der Waals surface area contributed by atoms with Crippen LogP contribution in [0.4, 0.5) is 0 Å². The molecule has 96 valence electrons. The number of nitrogens with one attached hydrogen (secondary N) is 1. The first-order chi connectivity index (χ1) is 7.91. The molecule has 0 saturated carbocycles. The summed E-state index contributed by atoms with van der Waals surface area (Å²) >= 11 is 0. The minimum absolute atomic E-state index is 0.0131. The molecule has 0 aliphatic rings. The Morgan fingerprint density at radius 1 is 1.53 bits per heavy atom. The van der Waals surface area contributed by atoms with Crippen LogP contribution in [-0.2, 0) is 18.3 Å². The van der Waals surface area contributed by atoms with E-state index >= 15 is 0 Å². The van der Waals surface area contributed by atoms with Crippen LogP contribution in [0.5, 0.6) is 0 Å². The molecule has 0 radical (unpaired) electrons. The lowest BCUT2D eigenvalue weighted by molar-refractivity contribution is -0.121. The average Bonchev–Trinajstić information content (AvgIpc) is 2.43. The molecule has 1 aromatic heterocycles. The predicted molar refractivity (Wildman–Crippen MR) is 67.7 cm³/mol. The molecule has 1 heterocycles. The van der Waals surface area contributed by atoms with Crippen molar-refractivity contribution in [2.24, 2.45) is 12.8 Å². The largest absolute Gasteiger partial charge is 0.356 e. The van der Waals surface area contributed by atoms with E-state index in [2.05, 4.69) is 10.4 Å². The Morgan fingerprint density at radius 3 is 2.65 bits per heavy atom. The third-order valence-corrected chi connectivity index (χ3v) is 2.86.